The standard InChI is InChI=1S/C14H7Cl2NO/c15-13-9-3-1-2-4-11(9)17-12-6-5-8(14(16)18)7-10(12)13/h1-7H. The molecule has 0 aliphatic carbocycles. The molecule has 4 heteroatoms. The number of carbonyl (C=O) groups excluding carboxylic acids is 1. The molecule has 2 aromatic carbocycles. The van der Waals surface area contributed by atoms with E-state index in [2.05, 4.69) is 4.98 Å². The number of hydrogen-bond donors (Lipinski definition) is 0. The molecule has 3 aromatic rings. The van der Waals surface area contributed by atoms with E-state index in [9.17, 15) is 4.79 Å². The lowest BCUT2D eigenvalue weighted by atomic mass is 10.1. The van der Waals surface area contributed by atoms with Gasteiger partial charge >= 0.3 is 0 Å². The Hall–Kier alpha value is -1.64. The Morgan fingerprint density at radius 1 is 1.00 bits per heavy atom. The number of carbonyl (C=O) groups is 1. The lowest BCUT2D eigenvalue weighted by molar-refractivity contribution is 0.108. The Morgan fingerprint density at radius 3 is 2.50 bits per heavy atom. The van der Waals surface area contributed by atoms with Gasteiger partial charge in [-0.15, -0.1) is 0 Å². The number of hydrogen-bond acceptors (Lipinski definition) is 2. The van der Waals surface area contributed by atoms with Crippen molar-refractivity contribution in [2.75, 3.05) is 0 Å². The van der Waals surface area contributed by atoms with Crippen molar-refractivity contribution >= 4 is 50.3 Å². The molecule has 0 N–H and O–H groups in total. The molecule has 0 unspecified atom stereocenters. The van der Waals surface area contributed by atoms with E-state index in [-0.39, 0.29) is 0 Å². The minimum Gasteiger partial charge on any atom is -0.276 e. The molecule has 1 aromatic heterocycles. The van der Waals surface area contributed by atoms with E-state index < -0.39 is 5.24 Å². The van der Waals surface area contributed by atoms with Gasteiger partial charge in [-0.1, -0.05) is 29.8 Å². The van der Waals surface area contributed by atoms with Crippen LogP contribution in [0.5, 0.6) is 0 Å². The van der Waals surface area contributed by atoms with Crippen molar-refractivity contribution in [2.24, 2.45) is 0 Å². The first-order valence-corrected chi connectivity index (χ1v) is 6.10. The molecule has 2 nitrogen and oxygen atoms in total. The third kappa shape index (κ3) is 1.74. The Labute approximate surface area is 113 Å². The number of nitrogens with zero attached hydrogens (tertiary/aromatic N) is 1. The van der Waals surface area contributed by atoms with Gasteiger partial charge in [0.15, 0.2) is 0 Å². The summed E-state index contributed by atoms with van der Waals surface area (Å²) >= 11 is 11.8. The third-order valence-electron chi connectivity index (χ3n) is 2.84. The summed E-state index contributed by atoms with van der Waals surface area (Å²) < 4.78 is 0. The van der Waals surface area contributed by atoms with Crippen molar-refractivity contribution < 1.29 is 4.79 Å². The second-order valence-electron chi connectivity index (χ2n) is 3.95. The lowest BCUT2D eigenvalue weighted by Crippen LogP contribution is -1.90. The van der Waals surface area contributed by atoms with Gasteiger partial charge in [-0.05, 0) is 35.9 Å². The first kappa shape index (κ1) is 11.5. The third-order valence-corrected chi connectivity index (χ3v) is 3.47. The van der Waals surface area contributed by atoms with Crippen LogP contribution in [0.4, 0.5) is 0 Å². The van der Waals surface area contributed by atoms with Crippen LogP contribution < -0.4 is 0 Å². The lowest BCUT2D eigenvalue weighted by Gasteiger charge is -2.05. The molecular formula is C14H7Cl2NO. The quantitative estimate of drug-likeness (QED) is 0.486. The van der Waals surface area contributed by atoms with E-state index in [0.717, 1.165) is 21.8 Å². The second kappa shape index (κ2) is 4.23. The number of benzene rings is 2. The SMILES string of the molecule is O=C(Cl)c1ccc2nc3ccccc3c(Cl)c2c1. The molecule has 0 radical (unpaired) electrons. The van der Waals surface area contributed by atoms with Crippen molar-refractivity contribution in [3.8, 4) is 0 Å². The van der Waals surface area contributed by atoms with E-state index in [1.54, 1.807) is 18.2 Å². The topological polar surface area (TPSA) is 30.0 Å². The Kier molecular flexibility index (Phi) is 2.69. The zero-order valence-electron chi connectivity index (χ0n) is 9.15. The molecule has 18 heavy (non-hydrogen) atoms. The van der Waals surface area contributed by atoms with Gasteiger partial charge in [-0.2, -0.15) is 0 Å². The van der Waals surface area contributed by atoms with Gasteiger partial charge in [0.1, 0.15) is 0 Å². The summed E-state index contributed by atoms with van der Waals surface area (Å²) in [5.41, 5.74) is 2.00. The Morgan fingerprint density at radius 2 is 1.72 bits per heavy atom. The predicted octanol–water partition coefficient (Wildman–Crippen LogP) is 4.42. The zero-order chi connectivity index (χ0) is 12.7. The van der Waals surface area contributed by atoms with E-state index in [4.69, 9.17) is 23.2 Å². The van der Waals surface area contributed by atoms with Crippen molar-refractivity contribution in [1.82, 2.24) is 4.98 Å². The predicted molar refractivity (Wildman–Crippen MR) is 74.4 cm³/mol. The fraction of sp³-hybridized carbons (Fsp3) is 0. The van der Waals surface area contributed by atoms with Crippen molar-refractivity contribution in [3.63, 3.8) is 0 Å². The average molecular weight is 276 g/mol. The van der Waals surface area contributed by atoms with Crippen LogP contribution in [0.2, 0.25) is 5.02 Å². The molecule has 1 heterocycles. The smallest absolute Gasteiger partial charge is 0.252 e. The molecular weight excluding hydrogens is 269 g/mol. The van der Waals surface area contributed by atoms with E-state index >= 15 is 0 Å². The molecule has 0 spiro atoms. The minimum atomic E-state index is -0.499. The van der Waals surface area contributed by atoms with Crippen LogP contribution in [-0.4, -0.2) is 10.2 Å². The van der Waals surface area contributed by atoms with Crippen LogP contribution in [0.3, 0.4) is 0 Å². The monoisotopic (exact) mass is 275 g/mol. The van der Waals surface area contributed by atoms with Gasteiger partial charge in [0.25, 0.3) is 5.24 Å². The molecule has 0 fully saturated rings. The molecule has 0 aliphatic rings. The van der Waals surface area contributed by atoms with Crippen LogP contribution in [0, 0.1) is 0 Å². The van der Waals surface area contributed by atoms with Crippen molar-refractivity contribution in [2.45, 2.75) is 0 Å². The summed E-state index contributed by atoms with van der Waals surface area (Å²) in [6.07, 6.45) is 0. The number of halogens is 2. The summed E-state index contributed by atoms with van der Waals surface area (Å²) in [6.45, 7) is 0. The number of aromatic nitrogens is 1. The van der Waals surface area contributed by atoms with Crippen LogP contribution >= 0.6 is 23.2 Å². The van der Waals surface area contributed by atoms with Crippen molar-refractivity contribution in [1.29, 1.82) is 0 Å². The molecule has 0 aliphatic heterocycles. The molecule has 0 amide bonds. The maximum atomic E-state index is 11.2. The van der Waals surface area contributed by atoms with Gasteiger partial charge in [-0.3, -0.25) is 4.79 Å². The zero-order valence-corrected chi connectivity index (χ0v) is 10.7. The van der Waals surface area contributed by atoms with E-state index in [1.165, 1.54) is 0 Å². The minimum absolute atomic E-state index is 0.420. The van der Waals surface area contributed by atoms with Crippen LogP contribution in [0.15, 0.2) is 42.5 Å². The highest BCUT2D eigenvalue weighted by Crippen LogP contribution is 2.30. The largest absolute Gasteiger partial charge is 0.276 e. The maximum absolute atomic E-state index is 11.2. The van der Waals surface area contributed by atoms with Gasteiger partial charge in [0, 0.05) is 16.3 Å². The molecule has 0 saturated carbocycles. The van der Waals surface area contributed by atoms with Gasteiger partial charge < -0.3 is 0 Å². The van der Waals surface area contributed by atoms with Crippen LogP contribution in [-0.2, 0) is 0 Å². The van der Waals surface area contributed by atoms with Crippen molar-refractivity contribution in [3.05, 3.63) is 53.1 Å². The average Bonchev–Trinajstić information content (AvgIpc) is 2.38. The van der Waals surface area contributed by atoms with Gasteiger partial charge in [-0.25, -0.2) is 4.98 Å². The first-order valence-electron chi connectivity index (χ1n) is 5.34. The Bertz CT molecular complexity index is 783. The number of para-hydroxylation sites is 1. The number of fused-ring (bicyclic) bond motifs is 2. The fourth-order valence-electron chi connectivity index (χ4n) is 1.96. The number of pyridine rings is 1. The maximum Gasteiger partial charge on any atom is 0.252 e. The van der Waals surface area contributed by atoms with Crippen LogP contribution in [0.25, 0.3) is 21.8 Å². The van der Waals surface area contributed by atoms with E-state index in [1.807, 2.05) is 24.3 Å². The summed E-state index contributed by atoms with van der Waals surface area (Å²) in [5.74, 6) is 0. The highest BCUT2D eigenvalue weighted by molar-refractivity contribution is 6.67. The highest BCUT2D eigenvalue weighted by atomic mass is 35.5. The highest BCUT2D eigenvalue weighted by Gasteiger charge is 2.09. The summed E-state index contributed by atoms with van der Waals surface area (Å²) in [5, 5.41) is 1.70. The normalized spacial score (nSPS) is 11.0. The molecule has 0 atom stereocenters. The second-order valence-corrected chi connectivity index (χ2v) is 4.67. The van der Waals surface area contributed by atoms with Gasteiger partial charge in [0.2, 0.25) is 0 Å². The Balaban J connectivity index is 2.45. The number of rotatable bonds is 1. The molecule has 0 bridgehead atoms. The molecule has 88 valence electrons. The first-order chi connectivity index (χ1) is 8.66. The summed E-state index contributed by atoms with van der Waals surface area (Å²) in [7, 11) is 0. The van der Waals surface area contributed by atoms with Gasteiger partial charge in [0.05, 0.1) is 16.1 Å². The summed E-state index contributed by atoms with van der Waals surface area (Å²) in [6, 6.07) is 12.7. The summed E-state index contributed by atoms with van der Waals surface area (Å²) in [4.78, 5) is 15.7. The molecule has 0 saturated heterocycles. The fourth-order valence-corrected chi connectivity index (χ4v) is 2.39. The molecule has 3 rings (SSSR count). The van der Waals surface area contributed by atoms with E-state index in [0.29, 0.717) is 10.6 Å². The van der Waals surface area contributed by atoms with Crippen LogP contribution in [0.1, 0.15) is 10.4 Å².